The molecule has 0 radical (unpaired) electrons. The third kappa shape index (κ3) is 4.09. The van der Waals surface area contributed by atoms with Gasteiger partial charge >= 0.3 is 0 Å². The van der Waals surface area contributed by atoms with Gasteiger partial charge in [-0.2, -0.15) is 0 Å². The van der Waals surface area contributed by atoms with Gasteiger partial charge in [0, 0.05) is 7.11 Å². The topological polar surface area (TPSA) is 55.4 Å². The molecule has 0 heterocycles. The lowest BCUT2D eigenvalue weighted by molar-refractivity contribution is 0.112. The predicted molar refractivity (Wildman–Crippen MR) is 82.9 cm³/mol. The van der Waals surface area contributed by atoms with E-state index in [1.165, 1.54) is 0 Å². The molecule has 0 aromatic heterocycles. The Hall–Kier alpha value is -0.810. The van der Waals surface area contributed by atoms with Crippen LogP contribution in [0.15, 0.2) is 23.9 Å². The van der Waals surface area contributed by atoms with Crippen LogP contribution in [0.2, 0.25) is 0 Å². The van der Waals surface area contributed by atoms with Crippen molar-refractivity contribution in [2.45, 2.75) is 63.7 Å². The predicted octanol–water partition coefficient (Wildman–Crippen LogP) is 3.12. The van der Waals surface area contributed by atoms with Gasteiger partial charge in [-0.3, -0.25) is 4.72 Å². The number of sulfonamides is 1. The highest BCUT2D eigenvalue weighted by molar-refractivity contribution is 7.90. The average molecular weight is 301 g/mol. The molecule has 0 aliphatic heterocycles. The van der Waals surface area contributed by atoms with Crippen LogP contribution in [-0.2, 0) is 14.8 Å². The smallest absolute Gasteiger partial charge is 0.237 e. The quantitative estimate of drug-likeness (QED) is 0.767. The Morgan fingerprint density at radius 2 is 2.10 bits per heavy atom. The standard InChI is InChI=1S/C15H27NO3S/c1-6-7-9-12-10-8-11-13(19-5)14(12)16-20(17,18)15(2,3)4/h6,13,16H,1,7-11H2,2-5H3. The summed E-state index contributed by atoms with van der Waals surface area (Å²) in [5.74, 6) is 0. The van der Waals surface area contributed by atoms with Crippen LogP contribution in [0.25, 0.3) is 0 Å². The van der Waals surface area contributed by atoms with E-state index < -0.39 is 14.8 Å². The maximum atomic E-state index is 12.4. The molecule has 4 nitrogen and oxygen atoms in total. The molecule has 0 saturated heterocycles. The van der Waals surface area contributed by atoms with Gasteiger partial charge in [0.25, 0.3) is 0 Å². The van der Waals surface area contributed by atoms with Crippen LogP contribution in [0.4, 0.5) is 0 Å². The van der Waals surface area contributed by atoms with Crippen molar-refractivity contribution >= 4 is 10.0 Å². The second-order valence-corrected chi connectivity index (χ2v) is 8.61. The first kappa shape index (κ1) is 17.2. The van der Waals surface area contributed by atoms with Crippen LogP contribution < -0.4 is 4.72 Å². The molecule has 0 bridgehead atoms. The molecular formula is C15H27NO3S. The van der Waals surface area contributed by atoms with Crippen LogP contribution >= 0.6 is 0 Å². The number of ether oxygens (including phenoxy) is 1. The number of methoxy groups -OCH3 is 1. The summed E-state index contributed by atoms with van der Waals surface area (Å²) in [5.41, 5.74) is 1.89. The molecule has 1 aliphatic rings. The highest BCUT2D eigenvalue weighted by Gasteiger charge is 2.33. The SMILES string of the molecule is C=CCCC1=C(NS(=O)(=O)C(C)(C)C)C(OC)CCC1. The molecule has 0 spiro atoms. The van der Waals surface area contributed by atoms with Gasteiger partial charge in [-0.1, -0.05) is 6.08 Å². The Balaban J connectivity index is 3.10. The van der Waals surface area contributed by atoms with E-state index in [0.717, 1.165) is 43.4 Å². The van der Waals surface area contributed by atoms with Gasteiger partial charge in [0.1, 0.15) is 0 Å². The summed E-state index contributed by atoms with van der Waals surface area (Å²) in [6.45, 7) is 8.83. The minimum absolute atomic E-state index is 0.152. The molecule has 1 aliphatic carbocycles. The van der Waals surface area contributed by atoms with E-state index in [4.69, 9.17) is 4.74 Å². The molecule has 0 aromatic rings. The molecule has 0 aromatic carbocycles. The molecule has 0 amide bonds. The maximum absolute atomic E-state index is 12.4. The van der Waals surface area contributed by atoms with Crippen molar-refractivity contribution in [3.05, 3.63) is 23.9 Å². The summed E-state index contributed by atoms with van der Waals surface area (Å²) in [4.78, 5) is 0. The number of allylic oxidation sites excluding steroid dienone is 2. The number of hydrogen-bond acceptors (Lipinski definition) is 3. The Morgan fingerprint density at radius 3 is 2.60 bits per heavy atom. The fraction of sp³-hybridized carbons (Fsp3) is 0.733. The van der Waals surface area contributed by atoms with Gasteiger partial charge in [0.2, 0.25) is 10.0 Å². The molecule has 20 heavy (non-hydrogen) atoms. The highest BCUT2D eigenvalue weighted by atomic mass is 32.2. The Bertz CT molecular complexity index is 472. The van der Waals surface area contributed by atoms with E-state index in [2.05, 4.69) is 11.3 Å². The number of rotatable bonds is 6. The molecule has 0 fully saturated rings. The lowest BCUT2D eigenvalue weighted by Crippen LogP contribution is -2.43. The van der Waals surface area contributed by atoms with Crippen LogP contribution in [0.5, 0.6) is 0 Å². The van der Waals surface area contributed by atoms with Crippen molar-refractivity contribution in [2.24, 2.45) is 0 Å². The Labute approximate surface area is 123 Å². The molecule has 5 heteroatoms. The van der Waals surface area contributed by atoms with E-state index in [1.54, 1.807) is 27.9 Å². The third-order valence-electron chi connectivity index (χ3n) is 3.63. The number of nitrogens with one attached hydrogen (secondary N) is 1. The van der Waals surface area contributed by atoms with Crippen LogP contribution in [-0.4, -0.2) is 26.4 Å². The minimum atomic E-state index is -3.41. The van der Waals surface area contributed by atoms with E-state index in [9.17, 15) is 8.42 Å². The second kappa shape index (κ2) is 6.76. The average Bonchev–Trinajstić information content (AvgIpc) is 2.35. The van der Waals surface area contributed by atoms with Gasteiger partial charge in [-0.05, 0) is 58.4 Å². The van der Waals surface area contributed by atoms with Crippen molar-refractivity contribution in [1.82, 2.24) is 4.72 Å². The van der Waals surface area contributed by atoms with Gasteiger partial charge in [0.05, 0.1) is 16.5 Å². The van der Waals surface area contributed by atoms with Crippen molar-refractivity contribution in [1.29, 1.82) is 0 Å². The molecule has 1 atom stereocenters. The first-order chi connectivity index (χ1) is 9.23. The first-order valence-electron chi connectivity index (χ1n) is 7.11. The van der Waals surface area contributed by atoms with Crippen molar-refractivity contribution in [2.75, 3.05) is 7.11 Å². The van der Waals surface area contributed by atoms with Gasteiger partial charge in [-0.25, -0.2) is 8.42 Å². The lowest BCUT2D eigenvalue weighted by atomic mass is 9.91. The number of hydrogen-bond donors (Lipinski definition) is 1. The molecule has 1 rings (SSSR count). The van der Waals surface area contributed by atoms with E-state index >= 15 is 0 Å². The van der Waals surface area contributed by atoms with Crippen LogP contribution in [0.1, 0.15) is 52.9 Å². The zero-order valence-corrected chi connectivity index (χ0v) is 13.8. The third-order valence-corrected chi connectivity index (χ3v) is 5.73. The molecule has 116 valence electrons. The maximum Gasteiger partial charge on any atom is 0.237 e. The van der Waals surface area contributed by atoms with Crippen molar-refractivity contribution in [3.8, 4) is 0 Å². The summed E-state index contributed by atoms with van der Waals surface area (Å²) in [6.07, 6.45) is 6.22. The first-order valence-corrected chi connectivity index (χ1v) is 8.59. The fourth-order valence-corrected chi connectivity index (χ4v) is 3.09. The summed E-state index contributed by atoms with van der Waals surface area (Å²) in [7, 11) is -1.78. The van der Waals surface area contributed by atoms with Gasteiger partial charge in [0.15, 0.2) is 0 Å². The van der Waals surface area contributed by atoms with Crippen LogP contribution in [0, 0.1) is 0 Å². The molecular weight excluding hydrogens is 274 g/mol. The fourth-order valence-electron chi connectivity index (χ4n) is 2.21. The largest absolute Gasteiger partial charge is 0.375 e. The minimum Gasteiger partial charge on any atom is -0.375 e. The molecule has 1 N–H and O–H groups in total. The zero-order chi connectivity index (χ0) is 15.4. The summed E-state index contributed by atoms with van der Waals surface area (Å²) in [6, 6.07) is 0. The van der Waals surface area contributed by atoms with Crippen molar-refractivity contribution in [3.63, 3.8) is 0 Å². The summed E-state index contributed by atoms with van der Waals surface area (Å²) >= 11 is 0. The van der Waals surface area contributed by atoms with Gasteiger partial charge in [-0.15, -0.1) is 6.58 Å². The Kier molecular flexibility index (Phi) is 5.83. The van der Waals surface area contributed by atoms with Gasteiger partial charge < -0.3 is 4.74 Å². The van der Waals surface area contributed by atoms with Crippen molar-refractivity contribution < 1.29 is 13.2 Å². The Morgan fingerprint density at radius 1 is 1.45 bits per heavy atom. The van der Waals surface area contributed by atoms with E-state index in [1.807, 2.05) is 6.08 Å². The zero-order valence-electron chi connectivity index (χ0n) is 13.0. The van der Waals surface area contributed by atoms with E-state index in [-0.39, 0.29) is 6.10 Å². The van der Waals surface area contributed by atoms with Crippen LogP contribution in [0.3, 0.4) is 0 Å². The highest BCUT2D eigenvalue weighted by Crippen LogP contribution is 2.30. The summed E-state index contributed by atoms with van der Waals surface area (Å²) < 4.78 is 32.2. The lowest BCUT2D eigenvalue weighted by Gasteiger charge is -2.31. The second-order valence-electron chi connectivity index (χ2n) is 6.18. The summed E-state index contributed by atoms with van der Waals surface area (Å²) in [5, 5.41) is 0. The van der Waals surface area contributed by atoms with E-state index in [0.29, 0.717) is 0 Å². The molecule has 1 unspecified atom stereocenters. The molecule has 0 saturated carbocycles. The normalized spacial score (nSPS) is 20.9. The monoisotopic (exact) mass is 301 g/mol.